The number of piperidine rings is 2. The molecular formula is C73H92BN11NaO8S3. The third kappa shape index (κ3) is 19.7. The zero-order chi connectivity index (χ0) is 66.5. The van der Waals surface area contributed by atoms with E-state index < -0.39 is 23.6 Å². The number of carboxylic acids is 1. The summed E-state index contributed by atoms with van der Waals surface area (Å²) in [6.07, 6.45) is 17.4. The topological polar surface area (TPSA) is 272 Å². The molecule has 0 aliphatic carbocycles. The number of ether oxygens (including phenoxy) is 3. The van der Waals surface area contributed by atoms with E-state index >= 15 is 0 Å². The number of amides is 2. The fourth-order valence-electron chi connectivity index (χ4n) is 13.3. The van der Waals surface area contributed by atoms with E-state index in [1.165, 1.54) is 78.4 Å². The van der Waals surface area contributed by atoms with Gasteiger partial charge in [0.1, 0.15) is 11.6 Å². The Bertz CT molecular complexity index is 4020. The molecule has 5 saturated heterocycles. The van der Waals surface area contributed by atoms with E-state index in [-0.39, 0.29) is 51.9 Å². The standard InChI is InChI=1S/C27H33N5O3S.C18H24N2OS.C18H22N2OS.C10H12N2O3.B.Na.H/c1-3-17-12-20(14-29-24(17)28)30-25(33)27(34)32-15-16(2)4-6-22(32)19-5-7-23-21(13-19)31-26(36-23)18-8-10-35-11-9-18;2*1-12-2-4-15(19-11-12)14-3-5-17-16(10-14)20-18(22-17)13-6-8-21-9-7-13;1-2-7-3-6(5-12-9(7)11)4-8(13)10(14)15;;;/h5,7,12-14,16,18,22H,3-4,6,8-11,15H2,1-2H3,(H2,28,29)(H,30,33);3,5,10,12-13,15,19H,2,4,6-9,11H2,1H3;3,5,10,12-13H,2,4,6-9,11H2,1H3;3,5H,2,4H2,1H3,(H2,11,12)(H,14,15);;;/q;;;;;+1;-1/t16-,22+;12-,15+;12-;;;;/m000..../s1. The first-order valence-electron chi connectivity index (χ1n) is 34.1. The minimum atomic E-state index is -1.43. The summed E-state index contributed by atoms with van der Waals surface area (Å²) < 4.78 is 20.2. The number of thiazole rings is 3. The van der Waals surface area contributed by atoms with Crippen LogP contribution in [0.3, 0.4) is 0 Å². The Balaban J connectivity index is 0.000000173. The summed E-state index contributed by atoms with van der Waals surface area (Å²) in [7, 11) is 0. The number of carbonyl (C=O) groups is 4. The van der Waals surface area contributed by atoms with Crippen molar-refractivity contribution >= 4 is 120 Å². The Kier molecular flexibility index (Phi) is 27.7. The Labute approximate surface area is 606 Å². The van der Waals surface area contributed by atoms with Crippen molar-refractivity contribution in [3.8, 4) is 0 Å². The zero-order valence-corrected chi connectivity index (χ0v) is 61.4. The number of aliphatic imine (C=N–C) groups is 1. The number of benzene rings is 3. The molecule has 0 unspecified atom stereocenters. The second-order valence-electron chi connectivity index (χ2n) is 26.4. The van der Waals surface area contributed by atoms with Gasteiger partial charge in [-0.25, -0.2) is 29.7 Å². The number of aliphatic carboxylic acids is 1. The number of nitrogens with zero attached hydrogens (tertiary/aromatic N) is 7. The maximum Gasteiger partial charge on any atom is 1.00 e. The van der Waals surface area contributed by atoms with Crippen LogP contribution in [0.2, 0.25) is 0 Å². The van der Waals surface area contributed by atoms with Crippen LogP contribution in [0.4, 0.5) is 17.3 Å². The van der Waals surface area contributed by atoms with Crippen molar-refractivity contribution in [2.75, 3.05) is 76.1 Å². The Hall–Kier alpha value is -6.12. The number of hydrogen-bond donors (Lipinski definition) is 5. The van der Waals surface area contributed by atoms with E-state index in [2.05, 4.69) is 96.0 Å². The second kappa shape index (κ2) is 35.8. The van der Waals surface area contributed by atoms with E-state index in [1.54, 1.807) is 28.4 Å². The Morgan fingerprint density at radius 1 is 0.629 bits per heavy atom. The van der Waals surface area contributed by atoms with Gasteiger partial charge in [-0.1, -0.05) is 58.9 Å². The molecule has 5 fully saturated rings. The van der Waals surface area contributed by atoms with Gasteiger partial charge in [-0.2, -0.15) is 0 Å². The average molecular weight is 1380 g/mol. The van der Waals surface area contributed by atoms with E-state index in [4.69, 9.17) is 50.7 Å². The number of nitrogens with two attached hydrogens (primary N) is 2. The van der Waals surface area contributed by atoms with Crippen LogP contribution in [0.5, 0.6) is 0 Å². The van der Waals surface area contributed by atoms with Gasteiger partial charge in [0.05, 0.1) is 63.6 Å². The SMILES string of the molecule is CCc1cc(CC(=O)C(=O)O)cnc1N.CCc1cc(NC(=O)C(=O)N2C[C@@H](C)CC[C@@H]2c2ccc3sc(C4CCOCC4)nc3c2)cnc1N.C[C@H]1CCC(c2ccc3sc(C4CCOCC4)nc3c2)=NC1.C[C@H]1CC[C@H](c2ccc3sc(C4CCOCC4)nc3c2)NC1.[B].[H-].[Na+]. The molecule has 0 saturated carbocycles. The number of rotatable bonds is 12. The largest absolute Gasteiger partial charge is 1.00 e. The smallest absolute Gasteiger partial charge is 1.00 e. The first-order chi connectivity index (χ1) is 46.0. The molecule has 5 atom stereocenters. The number of nitrogens with one attached hydrogen (secondary N) is 2. The number of Topliss-reactive ketones (excluding diaryl/α,β-unsaturated/α-hetero) is 1. The number of hydrogen-bond acceptors (Lipinski definition) is 19. The molecule has 97 heavy (non-hydrogen) atoms. The molecular weight excluding hydrogens is 1290 g/mol. The van der Waals surface area contributed by atoms with Gasteiger partial charge in [-0.15, -0.1) is 34.0 Å². The van der Waals surface area contributed by atoms with Crippen molar-refractivity contribution in [3.05, 3.63) is 128 Å². The summed E-state index contributed by atoms with van der Waals surface area (Å²) in [5.74, 6) is 0.902. The van der Waals surface area contributed by atoms with Gasteiger partial charge in [0.25, 0.3) is 0 Å². The predicted molar refractivity (Wildman–Crippen MR) is 387 cm³/mol. The first kappa shape index (κ1) is 75.1. The second-order valence-corrected chi connectivity index (χ2v) is 29.6. The normalized spacial score (nSPS) is 20.9. The molecule has 2 amide bonds. The van der Waals surface area contributed by atoms with Crippen molar-refractivity contribution in [3.63, 3.8) is 0 Å². The Morgan fingerprint density at radius 2 is 1.14 bits per heavy atom. The van der Waals surface area contributed by atoms with E-state index in [9.17, 15) is 19.2 Å². The van der Waals surface area contributed by atoms with Crippen molar-refractivity contribution in [1.82, 2.24) is 35.1 Å². The van der Waals surface area contributed by atoms with Crippen LogP contribution in [-0.4, -0.2) is 132 Å². The van der Waals surface area contributed by atoms with Gasteiger partial charge in [0, 0.05) is 103 Å². The molecule has 8 aromatic rings. The Morgan fingerprint density at radius 3 is 1.67 bits per heavy atom. The van der Waals surface area contributed by atoms with Crippen molar-refractivity contribution < 1.29 is 69.5 Å². The zero-order valence-electron chi connectivity index (χ0n) is 58.0. The number of anilines is 3. The van der Waals surface area contributed by atoms with Crippen LogP contribution >= 0.6 is 34.0 Å². The number of aryl methyl sites for hydroxylation is 2. The van der Waals surface area contributed by atoms with Crippen molar-refractivity contribution in [2.24, 2.45) is 22.7 Å². The number of likely N-dealkylation sites (tertiary alicyclic amines) is 1. The fourth-order valence-corrected chi connectivity index (χ4v) is 16.6. The molecule has 11 heterocycles. The molecule has 3 aromatic carbocycles. The monoisotopic (exact) mass is 1380 g/mol. The summed E-state index contributed by atoms with van der Waals surface area (Å²) >= 11 is 5.48. The minimum Gasteiger partial charge on any atom is -1.00 e. The third-order valence-corrected chi connectivity index (χ3v) is 22.8. The molecule has 6 aliphatic heterocycles. The number of nitrogen functional groups attached to an aromatic ring is 2. The number of ketones is 1. The summed E-state index contributed by atoms with van der Waals surface area (Å²) in [6, 6.07) is 23.7. The molecule has 19 nitrogen and oxygen atoms in total. The van der Waals surface area contributed by atoms with Gasteiger partial charge in [-0.3, -0.25) is 19.4 Å². The summed E-state index contributed by atoms with van der Waals surface area (Å²) in [5, 5.41) is 18.6. The van der Waals surface area contributed by atoms with Crippen molar-refractivity contribution in [2.45, 2.75) is 161 Å². The van der Waals surface area contributed by atoms with E-state index in [0.29, 0.717) is 72.0 Å². The molecule has 3 radical (unpaired) electrons. The van der Waals surface area contributed by atoms with Crippen LogP contribution in [0, 0.1) is 17.8 Å². The van der Waals surface area contributed by atoms with Crippen LogP contribution in [-0.2, 0) is 52.7 Å². The van der Waals surface area contributed by atoms with Gasteiger partial charge in [-0.05, 0) is 190 Å². The number of aromatic nitrogens is 5. The van der Waals surface area contributed by atoms with E-state index in [1.807, 2.05) is 36.5 Å². The molecule has 0 spiro atoms. The summed E-state index contributed by atoms with van der Waals surface area (Å²) in [5.41, 5.74) is 22.4. The summed E-state index contributed by atoms with van der Waals surface area (Å²) in [6.45, 7) is 18.4. The van der Waals surface area contributed by atoms with Crippen LogP contribution in [0.15, 0.2) is 84.1 Å². The number of fused-ring (bicyclic) bond motifs is 3. The van der Waals surface area contributed by atoms with E-state index in [0.717, 1.165) is 155 Å². The fraction of sp³-hybridized carbons (Fsp3) is 0.507. The van der Waals surface area contributed by atoms with Crippen LogP contribution in [0.1, 0.15) is 191 Å². The average Bonchev–Trinajstić information content (AvgIpc) is 1.25. The number of carbonyl (C=O) groups excluding carboxylic acids is 3. The van der Waals surface area contributed by atoms with Crippen molar-refractivity contribution in [1.29, 1.82) is 0 Å². The number of carboxylic acid groups (broad SMARTS) is 1. The quantitative estimate of drug-likeness (QED) is 0.0562. The predicted octanol–water partition coefficient (Wildman–Crippen LogP) is 10.5. The molecule has 6 aliphatic rings. The molecule has 0 bridgehead atoms. The first-order valence-corrected chi connectivity index (χ1v) is 36.6. The summed E-state index contributed by atoms with van der Waals surface area (Å²) in [4.78, 5) is 77.0. The maximum absolute atomic E-state index is 13.4. The molecule has 5 aromatic heterocycles. The molecule has 7 N–H and O–H groups in total. The minimum absolute atomic E-state index is 0. The van der Waals surface area contributed by atoms with Gasteiger partial charge in [0.2, 0.25) is 5.78 Å². The molecule has 509 valence electrons. The van der Waals surface area contributed by atoms with Crippen LogP contribution < -0.4 is 51.7 Å². The number of pyridine rings is 2. The third-order valence-electron chi connectivity index (χ3n) is 19.2. The van der Waals surface area contributed by atoms with Gasteiger partial charge < -0.3 is 47.7 Å². The maximum atomic E-state index is 13.4. The molecule has 14 rings (SSSR count). The van der Waals surface area contributed by atoms with Gasteiger partial charge in [0.15, 0.2) is 0 Å². The van der Waals surface area contributed by atoms with Crippen LogP contribution in [0.25, 0.3) is 30.6 Å². The molecule has 24 heteroatoms. The van der Waals surface area contributed by atoms with Gasteiger partial charge >= 0.3 is 47.3 Å².